The lowest BCUT2D eigenvalue weighted by molar-refractivity contribution is 0.318. The van der Waals surface area contributed by atoms with Gasteiger partial charge in [0, 0.05) is 11.8 Å². The fraction of sp³-hybridized carbons (Fsp3) is 0.429. The van der Waals surface area contributed by atoms with Gasteiger partial charge in [0.25, 0.3) is 0 Å². The molecule has 5 nitrogen and oxygen atoms in total. The summed E-state index contributed by atoms with van der Waals surface area (Å²) in [5.74, 6) is 1.14. The number of anilines is 1. The number of oxime groups is 1. The smallest absolute Gasteiger partial charge is 0.156 e. The van der Waals surface area contributed by atoms with E-state index in [0.717, 1.165) is 12.0 Å². The minimum Gasteiger partial charge on any atom is -0.409 e. The van der Waals surface area contributed by atoms with Crippen LogP contribution in [0.15, 0.2) is 11.4 Å². The molecule has 3 N–H and O–H groups in total. The number of amidine groups is 1. The number of aryl methyl sites for hydroxylation is 1. The predicted octanol–water partition coefficient (Wildman–Crippen LogP) is 1.19. The third-order valence-electron chi connectivity index (χ3n) is 1.55. The summed E-state index contributed by atoms with van der Waals surface area (Å²) in [6, 6.07) is 0. The lowest BCUT2D eigenvalue weighted by Crippen LogP contribution is -2.08. The van der Waals surface area contributed by atoms with Gasteiger partial charge in [-0.2, -0.15) is 5.10 Å². The lowest BCUT2D eigenvalue weighted by atomic mass is 10.2. The maximum absolute atomic E-state index is 8.38. The van der Waals surface area contributed by atoms with Crippen LogP contribution in [-0.2, 0) is 6.42 Å². The molecule has 0 atom stereocenters. The normalized spacial score (nSPS) is 11.7. The van der Waals surface area contributed by atoms with E-state index in [-0.39, 0.29) is 0 Å². The number of H-pyrrole nitrogens is 1. The monoisotopic (exact) mass is 168 g/mol. The molecule has 0 spiro atoms. The minimum atomic E-state index is 0.428. The molecule has 0 aliphatic rings. The van der Waals surface area contributed by atoms with Gasteiger partial charge in [-0.3, -0.25) is 5.10 Å². The van der Waals surface area contributed by atoms with Gasteiger partial charge in [0.15, 0.2) is 5.82 Å². The molecule has 66 valence electrons. The van der Waals surface area contributed by atoms with Crippen molar-refractivity contribution in [1.82, 2.24) is 10.2 Å². The van der Waals surface area contributed by atoms with E-state index in [1.54, 1.807) is 6.92 Å². The molecular formula is C7H12N4O. The number of aromatic nitrogens is 2. The van der Waals surface area contributed by atoms with Gasteiger partial charge < -0.3 is 10.5 Å². The van der Waals surface area contributed by atoms with Gasteiger partial charge in [0.05, 0.1) is 0 Å². The molecule has 0 amide bonds. The van der Waals surface area contributed by atoms with E-state index in [2.05, 4.69) is 20.7 Å². The van der Waals surface area contributed by atoms with Gasteiger partial charge in [0.2, 0.25) is 0 Å². The predicted molar refractivity (Wildman–Crippen MR) is 46.5 cm³/mol. The second kappa shape index (κ2) is 3.75. The first-order valence-electron chi connectivity index (χ1n) is 3.76. The molecule has 1 aromatic heterocycles. The van der Waals surface area contributed by atoms with Crippen LogP contribution in [0, 0.1) is 0 Å². The molecule has 1 rings (SSSR count). The fourth-order valence-corrected chi connectivity index (χ4v) is 0.889. The fourth-order valence-electron chi connectivity index (χ4n) is 0.889. The van der Waals surface area contributed by atoms with Crippen LogP contribution in [0.5, 0.6) is 0 Å². The van der Waals surface area contributed by atoms with Crippen molar-refractivity contribution >= 4 is 11.7 Å². The molecule has 0 aliphatic carbocycles. The van der Waals surface area contributed by atoms with Crippen molar-refractivity contribution in [2.45, 2.75) is 20.3 Å². The van der Waals surface area contributed by atoms with E-state index in [0.29, 0.717) is 11.7 Å². The summed E-state index contributed by atoms with van der Waals surface area (Å²) in [5, 5.41) is 20.9. The molecule has 0 saturated heterocycles. The Morgan fingerprint density at radius 3 is 3.17 bits per heavy atom. The molecule has 0 saturated carbocycles. The van der Waals surface area contributed by atoms with Crippen LogP contribution in [0.25, 0.3) is 0 Å². The van der Waals surface area contributed by atoms with E-state index >= 15 is 0 Å². The third-order valence-corrected chi connectivity index (χ3v) is 1.55. The zero-order valence-electron chi connectivity index (χ0n) is 7.13. The Bertz CT molecular complexity index is 279. The zero-order chi connectivity index (χ0) is 8.97. The number of hydrogen-bond donors (Lipinski definition) is 3. The van der Waals surface area contributed by atoms with Crippen molar-refractivity contribution in [3.05, 3.63) is 11.8 Å². The zero-order valence-corrected chi connectivity index (χ0v) is 7.13. The van der Waals surface area contributed by atoms with E-state index in [9.17, 15) is 0 Å². The number of nitrogens with zero attached hydrogens (tertiary/aromatic N) is 2. The summed E-state index contributed by atoms with van der Waals surface area (Å²) in [6.07, 6.45) is 2.70. The van der Waals surface area contributed by atoms with Crippen LogP contribution < -0.4 is 5.32 Å². The number of hydrogen-bond acceptors (Lipinski definition) is 3. The average Bonchev–Trinajstić information content (AvgIpc) is 2.51. The van der Waals surface area contributed by atoms with E-state index in [1.165, 1.54) is 0 Å². The van der Waals surface area contributed by atoms with Gasteiger partial charge >= 0.3 is 0 Å². The lowest BCUT2D eigenvalue weighted by Gasteiger charge is -2.00. The van der Waals surface area contributed by atoms with E-state index in [1.807, 2.05) is 13.1 Å². The van der Waals surface area contributed by atoms with Crippen LogP contribution in [0.1, 0.15) is 19.4 Å². The minimum absolute atomic E-state index is 0.428. The van der Waals surface area contributed by atoms with Gasteiger partial charge in [-0.1, -0.05) is 12.1 Å². The van der Waals surface area contributed by atoms with Crippen molar-refractivity contribution in [2.75, 3.05) is 5.32 Å². The van der Waals surface area contributed by atoms with Crippen LogP contribution in [-0.4, -0.2) is 21.2 Å². The maximum atomic E-state index is 8.38. The Morgan fingerprint density at radius 2 is 2.58 bits per heavy atom. The van der Waals surface area contributed by atoms with Crippen molar-refractivity contribution in [1.29, 1.82) is 0 Å². The maximum Gasteiger partial charge on any atom is 0.156 e. The third kappa shape index (κ3) is 1.75. The second-order valence-electron chi connectivity index (χ2n) is 2.42. The van der Waals surface area contributed by atoms with E-state index in [4.69, 9.17) is 5.21 Å². The first-order valence-corrected chi connectivity index (χ1v) is 3.76. The second-order valence-corrected chi connectivity index (χ2v) is 2.42. The Hall–Kier alpha value is -1.52. The molecule has 0 radical (unpaired) electrons. The molecule has 12 heavy (non-hydrogen) atoms. The summed E-state index contributed by atoms with van der Waals surface area (Å²) in [7, 11) is 0. The highest BCUT2D eigenvalue weighted by molar-refractivity contribution is 5.92. The Labute approximate surface area is 70.5 Å². The standard InChI is InChI=1S/C7H12N4O/c1-3-6-4-8-10-7(6)9-5(2)11-12/h4,12H,3H2,1-2H3,(H2,8,9,10,11). The van der Waals surface area contributed by atoms with Gasteiger partial charge in [-0.25, -0.2) is 0 Å². The van der Waals surface area contributed by atoms with Crippen LogP contribution in [0.2, 0.25) is 0 Å². The molecule has 5 heteroatoms. The SMILES string of the molecule is CCc1c[nH]nc1NC(C)=NO. The summed E-state index contributed by atoms with van der Waals surface area (Å²) in [5.41, 5.74) is 1.07. The Balaban J connectivity index is 2.74. The molecule has 1 heterocycles. The average molecular weight is 168 g/mol. The summed E-state index contributed by atoms with van der Waals surface area (Å²) in [6.45, 7) is 3.69. The van der Waals surface area contributed by atoms with Gasteiger partial charge in [-0.15, -0.1) is 0 Å². The molecule has 0 unspecified atom stereocenters. The van der Waals surface area contributed by atoms with Crippen LogP contribution in [0.3, 0.4) is 0 Å². The first kappa shape index (κ1) is 8.58. The van der Waals surface area contributed by atoms with Crippen LogP contribution in [0.4, 0.5) is 5.82 Å². The highest BCUT2D eigenvalue weighted by Gasteiger charge is 2.03. The van der Waals surface area contributed by atoms with Crippen LogP contribution >= 0.6 is 0 Å². The number of nitrogens with one attached hydrogen (secondary N) is 2. The summed E-state index contributed by atoms with van der Waals surface area (Å²) in [4.78, 5) is 0. The Morgan fingerprint density at radius 1 is 1.83 bits per heavy atom. The van der Waals surface area contributed by atoms with Crippen molar-refractivity contribution in [2.24, 2.45) is 5.16 Å². The van der Waals surface area contributed by atoms with Gasteiger partial charge in [0.1, 0.15) is 5.84 Å². The molecular weight excluding hydrogens is 156 g/mol. The van der Waals surface area contributed by atoms with Crippen molar-refractivity contribution in [3.63, 3.8) is 0 Å². The molecule has 0 bridgehead atoms. The topological polar surface area (TPSA) is 73.3 Å². The Kier molecular flexibility index (Phi) is 2.68. The van der Waals surface area contributed by atoms with Crippen molar-refractivity contribution in [3.8, 4) is 0 Å². The molecule has 0 fully saturated rings. The highest BCUT2D eigenvalue weighted by atomic mass is 16.4. The number of rotatable bonds is 2. The summed E-state index contributed by atoms with van der Waals surface area (Å²) >= 11 is 0. The summed E-state index contributed by atoms with van der Waals surface area (Å²) < 4.78 is 0. The van der Waals surface area contributed by atoms with Gasteiger partial charge in [-0.05, 0) is 13.3 Å². The molecule has 0 aromatic carbocycles. The number of aromatic amines is 1. The highest BCUT2D eigenvalue weighted by Crippen LogP contribution is 2.10. The largest absolute Gasteiger partial charge is 0.409 e. The van der Waals surface area contributed by atoms with E-state index < -0.39 is 0 Å². The first-order chi connectivity index (χ1) is 5.77. The van der Waals surface area contributed by atoms with Crippen molar-refractivity contribution < 1.29 is 5.21 Å². The quantitative estimate of drug-likeness (QED) is 0.269. The molecule has 1 aromatic rings. The molecule has 0 aliphatic heterocycles.